The third kappa shape index (κ3) is 11.2. The fourth-order valence-corrected chi connectivity index (χ4v) is 8.97. The van der Waals surface area contributed by atoms with Crippen LogP contribution in [0, 0.1) is 17.3 Å². The average Bonchev–Trinajstić information content (AvgIpc) is 3.57. The van der Waals surface area contributed by atoms with Gasteiger partial charge in [0.2, 0.25) is 23.6 Å². The number of carbonyl (C=O) groups excluding carboxylic acids is 4. The normalized spacial score (nSPS) is 24.6. The van der Waals surface area contributed by atoms with E-state index in [9.17, 15) is 24.3 Å². The molecule has 1 aliphatic heterocycles. The zero-order chi connectivity index (χ0) is 43.1. The van der Waals surface area contributed by atoms with E-state index in [0.717, 1.165) is 29.7 Å². The van der Waals surface area contributed by atoms with E-state index < -0.39 is 72.6 Å². The molecule has 4 amide bonds. The van der Waals surface area contributed by atoms with Crippen molar-refractivity contribution in [2.45, 2.75) is 134 Å². The summed E-state index contributed by atoms with van der Waals surface area (Å²) in [6.45, 7) is 12.4. The summed E-state index contributed by atoms with van der Waals surface area (Å²) in [6, 6.07) is 7.14. The van der Waals surface area contributed by atoms with Crippen molar-refractivity contribution in [3.63, 3.8) is 0 Å². The Morgan fingerprint density at radius 1 is 0.881 bits per heavy atom. The van der Waals surface area contributed by atoms with Crippen molar-refractivity contribution in [3.05, 3.63) is 53.2 Å². The fourth-order valence-electron chi connectivity index (χ4n) is 8.84. The number of unbranched alkanes of at least 4 members (excludes halogenated alkanes) is 1. The van der Waals surface area contributed by atoms with E-state index in [2.05, 4.69) is 52.3 Å². The quantitative estimate of drug-likeness (QED) is 0.0670. The van der Waals surface area contributed by atoms with Crippen LogP contribution < -0.4 is 38.1 Å². The molecule has 15 nitrogen and oxygen atoms in total. The van der Waals surface area contributed by atoms with E-state index >= 15 is 0 Å². The molecule has 0 unspecified atom stereocenters. The van der Waals surface area contributed by atoms with Gasteiger partial charge in [0.1, 0.15) is 18.1 Å². The van der Waals surface area contributed by atoms with E-state index in [0.29, 0.717) is 55.6 Å². The maximum Gasteiger partial charge on any atom is 0.481 e. The van der Waals surface area contributed by atoms with Crippen LogP contribution >= 0.6 is 11.6 Å². The van der Waals surface area contributed by atoms with E-state index in [1.807, 2.05) is 43.3 Å². The molecule has 3 aliphatic carbocycles. The maximum atomic E-state index is 13.7. The molecule has 1 aromatic heterocycles. The van der Waals surface area contributed by atoms with Gasteiger partial charge in [-0.2, -0.15) is 0 Å². The number of aromatic nitrogens is 1. The van der Waals surface area contributed by atoms with Gasteiger partial charge in [-0.05, 0) is 133 Å². The third-order valence-corrected chi connectivity index (χ3v) is 12.9. The summed E-state index contributed by atoms with van der Waals surface area (Å²) in [5.41, 5.74) is 14.0. The molecule has 4 fully saturated rings. The van der Waals surface area contributed by atoms with Gasteiger partial charge in [-0.3, -0.25) is 24.2 Å². The highest BCUT2D eigenvalue weighted by molar-refractivity contribution is 6.47. The molecule has 2 aromatic rings. The number of nitrogens with two attached hydrogens (primary N) is 2. The largest absolute Gasteiger partial charge is 0.481 e. The van der Waals surface area contributed by atoms with Crippen molar-refractivity contribution in [1.29, 1.82) is 0 Å². The molecule has 4 aliphatic rings. The maximum absolute atomic E-state index is 13.7. The van der Waals surface area contributed by atoms with Gasteiger partial charge in [-0.25, -0.2) is 0 Å². The van der Waals surface area contributed by atoms with Crippen molar-refractivity contribution in [2.24, 2.45) is 28.7 Å². The molecule has 3 saturated carbocycles. The van der Waals surface area contributed by atoms with Crippen LogP contribution in [-0.4, -0.2) is 108 Å². The standard InChI is InChI=1S/C42H64BClN8O7/c1-24(37(54)51-33(9-7-8-18-45)39(56)50-26(3)43-58-35-22-29-21-34(41(29,4)5)42(35,6)59-43)49-40(57)36(25(2)53)52-38(55)32(16-19-46)47-20-17-27-10-15-31(48-23-27)28-11-13-30(44)14-12-28/h10-15,23-26,29,32-36,47,53H,7-9,16-22,45-46H2,1-6H3,(H,49,57)(H,50,56)(H,51,54)(H,52,55)/t24-,25+,26-,29-,32-,33-,34-,35+,36-,42-/m0/s1. The Hall–Kier alpha value is -3.64. The summed E-state index contributed by atoms with van der Waals surface area (Å²) in [5, 5.41) is 25.4. The van der Waals surface area contributed by atoms with E-state index in [4.69, 9.17) is 32.4 Å². The Morgan fingerprint density at radius 2 is 1.59 bits per heavy atom. The second-order valence-electron chi connectivity index (χ2n) is 17.3. The monoisotopic (exact) mass is 838 g/mol. The third-order valence-electron chi connectivity index (χ3n) is 12.7. The smallest absolute Gasteiger partial charge is 0.404 e. The Bertz CT molecular complexity index is 1750. The lowest BCUT2D eigenvalue weighted by molar-refractivity contribution is -0.199. The highest BCUT2D eigenvalue weighted by Gasteiger charge is 2.68. The number of nitrogens with zero attached hydrogens (tertiary/aromatic N) is 1. The number of aliphatic hydroxyl groups is 1. The Balaban J connectivity index is 1.12. The van der Waals surface area contributed by atoms with Crippen molar-refractivity contribution in [1.82, 2.24) is 31.6 Å². The summed E-state index contributed by atoms with van der Waals surface area (Å²) in [5.74, 6) is -1.84. The summed E-state index contributed by atoms with van der Waals surface area (Å²) in [7, 11) is -0.633. The van der Waals surface area contributed by atoms with Crippen LogP contribution in [0.2, 0.25) is 5.02 Å². The topological polar surface area (TPSA) is 232 Å². The van der Waals surface area contributed by atoms with Crippen molar-refractivity contribution in [2.75, 3.05) is 19.6 Å². The van der Waals surface area contributed by atoms with Crippen molar-refractivity contribution < 1.29 is 33.6 Å². The Labute approximate surface area is 353 Å². The van der Waals surface area contributed by atoms with Gasteiger partial charge in [0.15, 0.2) is 0 Å². The molecule has 0 spiro atoms. The minimum Gasteiger partial charge on any atom is -0.404 e. The summed E-state index contributed by atoms with van der Waals surface area (Å²) in [4.78, 5) is 58.5. The van der Waals surface area contributed by atoms with Gasteiger partial charge in [0.25, 0.3) is 0 Å². The van der Waals surface area contributed by atoms with Gasteiger partial charge in [-0.1, -0.05) is 43.6 Å². The van der Waals surface area contributed by atoms with Gasteiger partial charge in [-0.15, -0.1) is 0 Å². The molecule has 59 heavy (non-hydrogen) atoms. The zero-order valence-corrected chi connectivity index (χ0v) is 36.0. The van der Waals surface area contributed by atoms with Crippen LogP contribution in [-0.2, 0) is 34.9 Å². The predicted octanol–water partition coefficient (Wildman–Crippen LogP) is 2.01. The zero-order valence-electron chi connectivity index (χ0n) is 35.3. The number of pyridine rings is 1. The first-order chi connectivity index (χ1) is 28.0. The first-order valence-corrected chi connectivity index (χ1v) is 21.4. The second kappa shape index (κ2) is 20.3. The molecule has 10 atom stereocenters. The lowest BCUT2D eigenvalue weighted by Crippen LogP contribution is -2.65. The molecule has 10 N–H and O–H groups in total. The predicted molar refractivity (Wildman–Crippen MR) is 228 cm³/mol. The number of rotatable bonds is 21. The number of nitrogens with one attached hydrogen (secondary N) is 5. The first-order valence-electron chi connectivity index (χ1n) is 21.1. The molecule has 17 heteroatoms. The Morgan fingerprint density at radius 3 is 2.22 bits per heavy atom. The summed E-state index contributed by atoms with van der Waals surface area (Å²) >= 11 is 6.00. The van der Waals surface area contributed by atoms with Gasteiger partial charge >= 0.3 is 7.12 Å². The molecule has 1 aromatic carbocycles. The second-order valence-corrected chi connectivity index (χ2v) is 17.8. The fraction of sp³-hybridized carbons (Fsp3) is 0.643. The van der Waals surface area contributed by atoms with Crippen LogP contribution in [0.5, 0.6) is 0 Å². The van der Waals surface area contributed by atoms with Crippen LogP contribution in [0.15, 0.2) is 42.6 Å². The van der Waals surface area contributed by atoms with Crippen molar-refractivity contribution in [3.8, 4) is 11.3 Å². The summed E-state index contributed by atoms with van der Waals surface area (Å²) in [6.07, 6.45) is 4.87. The number of halogens is 1. The minimum atomic E-state index is -1.37. The minimum absolute atomic E-state index is 0.0418. The lowest BCUT2D eigenvalue weighted by atomic mass is 9.43. The van der Waals surface area contributed by atoms with Crippen LogP contribution in [0.3, 0.4) is 0 Å². The SMILES string of the molecule is C[C@H](NC(=O)[C@H](CCCCN)NC(=O)[C@H](C)NC(=O)[C@@H](NC(=O)[C@H](CCN)NCCc1ccc(-c2ccc(Cl)cc2)nc1)[C@@H](C)O)B1O[C@@H]2C[C@@H]3C[C@@H](C3(C)C)[C@]2(C)O1. The average molecular weight is 839 g/mol. The van der Waals surface area contributed by atoms with Crippen LogP contribution in [0.1, 0.15) is 85.6 Å². The molecule has 0 radical (unpaired) electrons. The lowest BCUT2D eigenvalue weighted by Gasteiger charge is -2.64. The van der Waals surface area contributed by atoms with Gasteiger partial charge in [0, 0.05) is 16.8 Å². The molecule has 2 bridgehead atoms. The van der Waals surface area contributed by atoms with E-state index in [-0.39, 0.29) is 24.5 Å². The number of benzene rings is 1. The van der Waals surface area contributed by atoms with Gasteiger partial charge in [0.05, 0.1) is 35.5 Å². The first kappa shape index (κ1) is 46.4. The number of carbonyl (C=O) groups is 4. The van der Waals surface area contributed by atoms with Crippen molar-refractivity contribution >= 4 is 42.3 Å². The highest BCUT2D eigenvalue weighted by atomic mass is 35.5. The highest BCUT2D eigenvalue weighted by Crippen LogP contribution is 2.65. The number of aliphatic hydroxyl groups excluding tert-OH is 1. The number of amides is 4. The molecular weight excluding hydrogens is 775 g/mol. The Kier molecular flexibility index (Phi) is 16.0. The molecular formula is C42H64BClN8O7. The molecule has 1 saturated heterocycles. The molecule has 6 rings (SSSR count). The summed E-state index contributed by atoms with van der Waals surface area (Å²) < 4.78 is 12.9. The number of hydrogen-bond acceptors (Lipinski definition) is 11. The van der Waals surface area contributed by atoms with Crippen LogP contribution in [0.4, 0.5) is 0 Å². The van der Waals surface area contributed by atoms with Crippen LogP contribution in [0.25, 0.3) is 11.3 Å². The number of hydrogen-bond donors (Lipinski definition) is 8. The van der Waals surface area contributed by atoms with Gasteiger partial charge < -0.3 is 52.5 Å². The van der Waals surface area contributed by atoms with E-state index in [1.54, 1.807) is 6.20 Å². The van der Waals surface area contributed by atoms with E-state index in [1.165, 1.54) is 13.8 Å². The molecule has 324 valence electrons. The molecule has 2 heterocycles.